The number of hydrogen-bond acceptors (Lipinski definition) is 3. The smallest absolute Gasteiger partial charge is 0.125 e. The molecule has 1 aromatic carbocycles. The first-order chi connectivity index (χ1) is 7.19. The van der Waals surface area contributed by atoms with Crippen molar-refractivity contribution in [3.63, 3.8) is 0 Å². The maximum atomic E-state index is 8.99. The first kappa shape index (κ1) is 12.3. The molecule has 0 aliphatic carbocycles. The molecule has 84 valence electrons. The molecule has 0 bridgehead atoms. The fraction of sp³-hybridized carbons (Fsp3) is 0.455. The van der Waals surface area contributed by atoms with Crippen molar-refractivity contribution in [2.45, 2.75) is 19.4 Å². The van der Waals surface area contributed by atoms with Crippen molar-refractivity contribution in [3.8, 4) is 5.75 Å². The van der Waals surface area contributed by atoms with E-state index in [0.29, 0.717) is 17.4 Å². The van der Waals surface area contributed by atoms with Crippen LogP contribution in [-0.2, 0) is 0 Å². The van der Waals surface area contributed by atoms with Crippen molar-refractivity contribution < 1.29 is 9.84 Å². The summed E-state index contributed by atoms with van der Waals surface area (Å²) in [6.07, 6.45) is 0.917. The van der Waals surface area contributed by atoms with Gasteiger partial charge in [0.2, 0.25) is 0 Å². The summed E-state index contributed by atoms with van der Waals surface area (Å²) in [5.41, 5.74) is 6.53. The number of aliphatic hydroxyl groups excluding tert-OH is 1. The summed E-state index contributed by atoms with van der Waals surface area (Å²) in [4.78, 5) is 0. The van der Waals surface area contributed by atoms with Crippen LogP contribution in [0.3, 0.4) is 0 Å². The molecule has 0 aromatic heterocycles. The molecule has 0 radical (unpaired) electrons. The molecule has 4 heteroatoms. The van der Waals surface area contributed by atoms with Crippen LogP contribution in [0.5, 0.6) is 5.75 Å². The highest BCUT2D eigenvalue weighted by Gasteiger charge is 2.11. The monoisotopic (exact) mass is 229 g/mol. The Morgan fingerprint density at radius 1 is 1.53 bits per heavy atom. The number of halogens is 1. The predicted molar refractivity (Wildman–Crippen MR) is 61.3 cm³/mol. The van der Waals surface area contributed by atoms with E-state index < -0.39 is 6.04 Å². The normalized spacial score (nSPS) is 12.5. The van der Waals surface area contributed by atoms with Crippen LogP contribution in [0.15, 0.2) is 18.2 Å². The second kappa shape index (κ2) is 5.95. The zero-order chi connectivity index (χ0) is 11.3. The fourth-order valence-electron chi connectivity index (χ4n) is 1.25. The van der Waals surface area contributed by atoms with E-state index in [2.05, 4.69) is 0 Å². The SMILES string of the molecule is CCCOc1cc(Cl)ccc1C(N)CO. The summed E-state index contributed by atoms with van der Waals surface area (Å²) in [6, 6.07) is 4.83. The summed E-state index contributed by atoms with van der Waals surface area (Å²) < 4.78 is 5.51. The van der Waals surface area contributed by atoms with E-state index in [9.17, 15) is 0 Å². The van der Waals surface area contributed by atoms with Gasteiger partial charge in [0, 0.05) is 10.6 Å². The van der Waals surface area contributed by atoms with Crippen LogP contribution in [0, 0.1) is 0 Å². The topological polar surface area (TPSA) is 55.5 Å². The van der Waals surface area contributed by atoms with Crippen molar-refractivity contribution in [2.75, 3.05) is 13.2 Å². The molecule has 1 aromatic rings. The fourth-order valence-corrected chi connectivity index (χ4v) is 1.41. The van der Waals surface area contributed by atoms with E-state index in [0.717, 1.165) is 12.0 Å². The summed E-state index contributed by atoms with van der Waals surface area (Å²) in [6.45, 7) is 2.53. The van der Waals surface area contributed by atoms with Crippen molar-refractivity contribution in [3.05, 3.63) is 28.8 Å². The van der Waals surface area contributed by atoms with E-state index >= 15 is 0 Å². The highest BCUT2D eigenvalue weighted by molar-refractivity contribution is 6.30. The van der Waals surface area contributed by atoms with Gasteiger partial charge < -0.3 is 15.6 Å². The number of nitrogens with two attached hydrogens (primary N) is 1. The predicted octanol–water partition coefficient (Wildman–Crippen LogP) is 2.12. The van der Waals surface area contributed by atoms with E-state index in [1.807, 2.05) is 6.92 Å². The molecule has 1 atom stereocenters. The second-order valence-corrected chi connectivity index (χ2v) is 3.76. The van der Waals surface area contributed by atoms with E-state index in [-0.39, 0.29) is 6.61 Å². The molecule has 0 spiro atoms. The quantitative estimate of drug-likeness (QED) is 0.813. The Labute approximate surface area is 94.8 Å². The maximum absolute atomic E-state index is 8.99. The van der Waals surface area contributed by atoms with Gasteiger partial charge in [-0.25, -0.2) is 0 Å². The third-order valence-corrected chi connectivity index (χ3v) is 2.27. The Bertz CT molecular complexity index is 317. The lowest BCUT2D eigenvalue weighted by Crippen LogP contribution is -2.16. The van der Waals surface area contributed by atoms with Gasteiger partial charge in [-0.05, 0) is 18.6 Å². The van der Waals surface area contributed by atoms with E-state index in [4.69, 9.17) is 27.2 Å². The largest absolute Gasteiger partial charge is 0.493 e. The minimum absolute atomic E-state index is 0.107. The summed E-state index contributed by atoms with van der Waals surface area (Å²) in [5, 5.41) is 9.60. The van der Waals surface area contributed by atoms with Crippen molar-refractivity contribution in [2.24, 2.45) is 5.73 Å². The van der Waals surface area contributed by atoms with Crippen LogP contribution in [0.2, 0.25) is 5.02 Å². The molecular formula is C11H16ClNO2. The highest BCUT2D eigenvalue weighted by atomic mass is 35.5. The molecule has 0 amide bonds. The number of hydrogen-bond donors (Lipinski definition) is 2. The molecule has 0 aliphatic heterocycles. The van der Waals surface area contributed by atoms with Gasteiger partial charge in [0.1, 0.15) is 5.75 Å². The lowest BCUT2D eigenvalue weighted by Gasteiger charge is -2.15. The van der Waals surface area contributed by atoms with E-state index in [1.54, 1.807) is 18.2 Å². The Morgan fingerprint density at radius 2 is 2.27 bits per heavy atom. The summed E-state index contributed by atoms with van der Waals surface area (Å²) in [5.74, 6) is 0.658. The molecule has 0 saturated carbocycles. The first-order valence-corrected chi connectivity index (χ1v) is 5.35. The number of ether oxygens (including phenoxy) is 1. The van der Waals surface area contributed by atoms with Crippen molar-refractivity contribution >= 4 is 11.6 Å². The van der Waals surface area contributed by atoms with Gasteiger partial charge in [-0.3, -0.25) is 0 Å². The van der Waals surface area contributed by atoms with Crippen LogP contribution in [-0.4, -0.2) is 18.3 Å². The molecule has 0 fully saturated rings. The standard InChI is InChI=1S/C11H16ClNO2/c1-2-5-15-11-6-8(12)3-4-9(11)10(13)7-14/h3-4,6,10,14H,2,5,7,13H2,1H3. The second-order valence-electron chi connectivity index (χ2n) is 3.32. The highest BCUT2D eigenvalue weighted by Crippen LogP contribution is 2.27. The molecule has 1 unspecified atom stereocenters. The Hall–Kier alpha value is -0.770. The zero-order valence-electron chi connectivity index (χ0n) is 8.74. The van der Waals surface area contributed by atoms with Gasteiger partial charge in [0.25, 0.3) is 0 Å². The average molecular weight is 230 g/mol. The van der Waals surface area contributed by atoms with Gasteiger partial charge in [0.15, 0.2) is 0 Å². The number of rotatable bonds is 5. The average Bonchev–Trinajstić information content (AvgIpc) is 2.25. The number of aliphatic hydroxyl groups is 1. The number of benzene rings is 1. The van der Waals surface area contributed by atoms with Crippen molar-refractivity contribution in [1.29, 1.82) is 0 Å². The molecule has 3 nitrogen and oxygen atoms in total. The Kier molecular flexibility index (Phi) is 4.88. The molecule has 0 aliphatic rings. The van der Waals surface area contributed by atoms with E-state index in [1.165, 1.54) is 0 Å². The minimum Gasteiger partial charge on any atom is -0.493 e. The van der Waals surface area contributed by atoms with Gasteiger partial charge in [-0.2, -0.15) is 0 Å². The van der Waals surface area contributed by atoms with Crippen LogP contribution in [0.1, 0.15) is 24.9 Å². The lowest BCUT2D eigenvalue weighted by molar-refractivity contribution is 0.259. The van der Waals surface area contributed by atoms with Crippen LogP contribution in [0.25, 0.3) is 0 Å². The Morgan fingerprint density at radius 3 is 2.87 bits per heavy atom. The molecule has 0 saturated heterocycles. The summed E-state index contributed by atoms with van der Waals surface area (Å²) >= 11 is 5.86. The molecule has 1 rings (SSSR count). The molecule has 15 heavy (non-hydrogen) atoms. The van der Waals surface area contributed by atoms with Gasteiger partial charge in [-0.15, -0.1) is 0 Å². The molecule has 0 heterocycles. The first-order valence-electron chi connectivity index (χ1n) is 4.97. The lowest BCUT2D eigenvalue weighted by atomic mass is 10.1. The molecule has 3 N–H and O–H groups in total. The minimum atomic E-state index is -0.422. The van der Waals surface area contributed by atoms with Crippen LogP contribution < -0.4 is 10.5 Å². The van der Waals surface area contributed by atoms with Crippen LogP contribution in [0.4, 0.5) is 0 Å². The van der Waals surface area contributed by atoms with Gasteiger partial charge >= 0.3 is 0 Å². The third-order valence-electron chi connectivity index (χ3n) is 2.03. The molecular weight excluding hydrogens is 214 g/mol. The summed E-state index contributed by atoms with van der Waals surface area (Å²) in [7, 11) is 0. The Balaban J connectivity index is 2.92. The van der Waals surface area contributed by atoms with Crippen LogP contribution >= 0.6 is 11.6 Å². The van der Waals surface area contributed by atoms with Gasteiger partial charge in [-0.1, -0.05) is 24.6 Å². The van der Waals surface area contributed by atoms with Gasteiger partial charge in [0.05, 0.1) is 19.3 Å². The third kappa shape index (κ3) is 3.38. The zero-order valence-corrected chi connectivity index (χ0v) is 9.50. The maximum Gasteiger partial charge on any atom is 0.125 e. The van der Waals surface area contributed by atoms with Crippen molar-refractivity contribution in [1.82, 2.24) is 0 Å².